The summed E-state index contributed by atoms with van der Waals surface area (Å²) >= 11 is 0. The van der Waals surface area contributed by atoms with Crippen LogP contribution in [0.2, 0.25) is 0 Å². The van der Waals surface area contributed by atoms with E-state index >= 15 is 0 Å². The van der Waals surface area contributed by atoms with Crippen molar-refractivity contribution in [2.45, 2.75) is 19.8 Å². The van der Waals surface area contributed by atoms with Crippen LogP contribution in [-0.4, -0.2) is 12.8 Å². The highest BCUT2D eigenvalue weighted by Gasteiger charge is 1.95. The first-order valence-corrected chi connectivity index (χ1v) is 2.95. The minimum Gasteiger partial charge on any atom is -0.330 e. The average molecular weight is 115 g/mol. The molecule has 0 fully saturated rings. The number of carbonyl (C=O) groups excluding carboxylic acids is 1. The molecule has 0 aliphatic rings. The summed E-state index contributed by atoms with van der Waals surface area (Å²) in [6.45, 7) is 2.73. The molecule has 0 amide bonds. The van der Waals surface area contributed by atoms with Crippen LogP contribution < -0.4 is 5.73 Å². The van der Waals surface area contributed by atoms with E-state index in [-0.39, 0.29) is 0 Å². The third-order valence-corrected chi connectivity index (χ3v) is 1.18. The van der Waals surface area contributed by atoms with Crippen LogP contribution >= 0.6 is 0 Å². The molecule has 0 rings (SSSR count). The van der Waals surface area contributed by atoms with Crippen molar-refractivity contribution in [3.8, 4) is 0 Å². The molecule has 0 aliphatic carbocycles. The molecule has 0 aliphatic heterocycles. The Hall–Kier alpha value is -0.370. The van der Waals surface area contributed by atoms with Crippen LogP contribution in [0.4, 0.5) is 0 Å². The largest absolute Gasteiger partial charge is 0.330 e. The fourth-order valence-electron chi connectivity index (χ4n) is 0.470. The topological polar surface area (TPSA) is 43.1 Å². The van der Waals surface area contributed by atoms with Gasteiger partial charge in [-0.2, -0.15) is 0 Å². The predicted molar refractivity (Wildman–Crippen MR) is 33.5 cm³/mol. The lowest BCUT2D eigenvalue weighted by molar-refractivity contribution is -0.108. The lowest BCUT2D eigenvalue weighted by atomic mass is 10.1. The van der Waals surface area contributed by atoms with Gasteiger partial charge in [-0.25, -0.2) is 0 Å². The molecule has 8 heavy (non-hydrogen) atoms. The Morgan fingerprint density at radius 2 is 2.38 bits per heavy atom. The summed E-state index contributed by atoms with van der Waals surface area (Å²) in [6.07, 6.45) is 2.52. The molecular weight excluding hydrogens is 102 g/mol. The Kier molecular flexibility index (Phi) is 4.56. The van der Waals surface area contributed by atoms with Gasteiger partial charge in [-0.15, -0.1) is 0 Å². The number of hydrogen-bond acceptors (Lipinski definition) is 2. The average Bonchev–Trinajstić information content (AvgIpc) is 1.83. The number of carbonyl (C=O) groups is 1. The molecule has 2 nitrogen and oxygen atoms in total. The first-order valence-electron chi connectivity index (χ1n) is 2.95. The minimum absolute atomic E-state index is 0.500. The first kappa shape index (κ1) is 7.63. The molecule has 0 bridgehead atoms. The highest BCUT2D eigenvalue weighted by molar-refractivity contribution is 5.49. The molecule has 48 valence electrons. The fourth-order valence-corrected chi connectivity index (χ4v) is 0.470. The van der Waals surface area contributed by atoms with Gasteiger partial charge in [0.15, 0.2) is 0 Å². The van der Waals surface area contributed by atoms with E-state index in [1.807, 2.05) is 6.92 Å². The van der Waals surface area contributed by atoms with Crippen LogP contribution in [-0.2, 0) is 4.79 Å². The summed E-state index contributed by atoms with van der Waals surface area (Å²) in [5.41, 5.74) is 5.30. The molecule has 0 aromatic rings. The fraction of sp³-hybridized carbons (Fsp3) is 0.833. The molecule has 2 heteroatoms. The van der Waals surface area contributed by atoms with E-state index in [2.05, 4.69) is 0 Å². The van der Waals surface area contributed by atoms with Gasteiger partial charge in [0.2, 0.25) is 0 Å². The zero-order chi connectivity index (χ0) is 6.41. The van der Waals surface area contributed by atoms with Gasteiger partial charge < -0.3 is 10.5 Å². The minimum atomic E-state index is 0.500. The monoisotopic (exact) mass is 115 g/mol. The van der Waals surface area contributed by atoms with Crippen molar-refractivity contribution < 1.29 is 4.79 Å². The number of aldehydes is 1. The van der Waals surface area contributed by atoms with E-state index in [4.69, 9.17) is 5.73 Å². The summed E-state index contributed by atoms with van der Waals surface area (Å²) in [5, 5.41) is 0. The van der Waals surface area contributed by atoms with Crippen molar-refractivity contribution in [3.63, 3.8) is 0 Å². The van der Waals surface area contributed by atoms with Gasteiger partial charge in [0.05, 0.1) is 0 Å². The number of nitrogens with two attached hydrogens (primary N) is 1. The van der Waals surface area contributed by atoms with Crippen molar-refractivity contribution >= 4 is 6.29 Å². The van der Waals surface area contributed by atoms with E-state index in [0.29, 0.717) is 18.9 Å². The van der Waals surface area contributed by atoms with Gasteiger partial charge in [-0.3, -0.25) is 0 Å². The van der Waals surface area contributed by atoms with Gasteiger partial charge >= 0.3 is 0 Å². The Morgan fingerprint density at radius 3 is 2.75 bits per heavy atom. The Morgan fingerprint density at radius 1 is 1.75 bits per heavy atom. The summed E-state index contributed by atoms with van der Waals surface area (Å²) < 4.78 is 0. The third kappa shape index (κ3) is 3.81. The maximum atomic E-state index is 9.78. The second-order valence-electron chi connectivity index (χ2n) is 2.08. The second kappa shape index (κ2) is 4.78. The third-order valence-electron chi connectivity index (χ3n) is 1.18. The molecule has 0 radical (unpaired) electrons. The standard InChI is InChI=1S/C6H13NO/c1-6(5-7)3-2-4-8/h4,6H,2-3,5,7H2,1H3/t6-/m0/s1. The van der Waals surface area contributed by atoms with Gasteiger partial charge in [0, 0.05) is 6.42 Å². The maximum Gasteiger partial charge on any atom is 0.120 e. The molecule has 2 N–H and O–H groups in total. The van der Waals surface area contributed by atoms with Crippen molar-refractivity contribution in [1.82, 2.24) is 0 Å². The number of hydrogen-bond donors (Lipinski definition) is 1. The van der Waals surface area contributed by atoms with Crippen LogP contribution in [0, 0.1) is 5.92 Å². The molecule has 0 heterocycles. The van der Waals surface area contributed by atoms with E-state index < -0.39 is 0 Å². The van der Waals surface area contributed by atoms with Gasteiger partial charge in [-0.1, -0.05) is 6.92 Å². The molecule has 0 aromatic heterocycles. The van der Waals surface area contributed by atoms with Crippen molar-refractivity contribution in [3.05, 3.63) is 0 Å². The van der Waals surface area contributed by atoms with Crippen molar-refractivity contribution in [1.29, 1.82) is 0 Å². The molecule has 0 saturated heterocycles. The van der Waals surface area contributed by atoms with E-state index in [1.54, 1.807) is 0 Å². The lowest BCUT2D eigenvalue weighted by Gasteiger charge is -2.02. The normalized spacial score (nSPS) is 13.2. The van der Waals surface area contributed by atoms with Crippen molar-refractivity contribution in [2.75, 3.05) is 6.54 Å². The van der Waals surface area contributed by atoms with Crippen LogP contribution in [0.1, 0.15) is 19.8 Å². The first-order chi connectivity index (χ1) is 3.81. The maximum absolute atomic E-state index is 9.78. The SMILES string of the molecule is C[C@H](CN)CCC=O. The van der Waals surface area contributed by atoms with Gasteiger partial charge in [0.1, 0.15) is 6.29 Å². The lowest BCUT2D eigenvalue weighted by Crippen LogP contribution is -2.10. The smallest absolute Gasteiger partial charge is 0.120 e. The van der Waals surface area contributed by atoms with Crippen LogP contribution in [0.5, 0.6) is 0 Å². The Labute approximate surface area is 50.1 Å². The van der Waals surface area contributed by atoms with Gasteiger partial charge in [0.25, 0.3) is 0 Å². The second-order valence-corrected chi connectivity index (χ2v) is 2.08. The Bertz CT molecular complexity index is 63.5. The summed E-state index contributed by atoms with van der Waals surface area (Å²) in [7, 11) is 0. The van der Waals surface area contributed by atoms with E-state index in [9.17, 15) is 4.79 Å². The molecule has 0 unspecified atom stereocenters. The summed E-state index contributed by atoms with van der Waals surface area (Å²) in [4.78, 5) is 9.78. The molecule has 0 saturated carbocycles. The zero-order valence-corrected chi connectivity index (χ0v) is 5.26. The molecule has 0 aromatic carbocycles. The molecular formula is C6H13NO. The zero-order valence-electron chi connectivity index (χ0n) is 5.26. The Balaban J connectivity index is 2.97. The predicted octanol–water partition coefficient (Wildman–Crippen LogP) is 0.560. The van der Waals surface area contributed by atoms with Crippen molar-refractivity contribution in [2.24, 2.45) is 11.7 Å². The molecule has 0 spiro atoms. The van der Waals surface area contributed by atoms with Crippen LogP contribution in [0.3, 0.4) is 0 Å². The highest BCUT2D eigenvalue weighted by atomic mass is 16.1. The van der Waals surface area contributed by atoms with E-state index in [1.165, 1.54) is 0 Å². The summed E-state index contributed by atoms with van der Waals surface area (Å²) in [6, 6.07) is 0. The van der Waals surface area contributed by atoms with Gasteiger partial charge in [-0.05, 0) is 18.9 Å². The summed E-state index contributed by atoms with van der Waals surface area (Å²) in [5.74, 6) is 0.500. The highest BCUT2D eigenvalue weighted by Crippen LogP contribution is 1.99. The molecule has 1 atom stereocenters. The van der Waals surface area contributed by atoms with E-state index in [0.717, 1.165) is 12.7 Å². The number of rotatable bonds is 4. The van der Waals surface area contributed by atoms with Crippen LogP contribution in [0.25, 0.3) is 0 Å². The quantitative estimate of drug-likeness (QED) is 0.544. The van der Waals surface area contributed by atoms with Crippen LogP contribution in [0.15, 0.2) is 0 Å².